The Morgan fingerprint density at radius 1 is 1.45 bits per heavy atom. The zero-order valence-corrected chi connectivity index (χ0v) is 10.7. The van der Waals surface area contributed by atoms with Crippen LogP contribution in [-0.2, 0) is 0 Å². The molecule has 104 valence electrons. The number of aryl methyl sites for hydroxylation is 1. The van der Waals surface area contributed by atoms with E-state index in [9.17, 15) is 4.79 Å². The lowest BCUT2D eigenvalue weighted by Gasteiger charge is -2.07. The van der Waals surface area contributed by atoms with E-state index in [2.05, 4.69) is 26.0 Å². The summed E-state index contributed by atoms with van der Waals surface area (Å²) in [5, 5.41) is 23.0. The molecule has 2 aromatic rings. The van der Waals surface area contributed by atoms with E-state index in [4.69, 9.17) is 10.9 Å². The topological polar surface area (TPSA) is 128 Å². The Bertz CT molecular complexity index is 649. The number of nitrogens with zero attached hydrogens (tertiary/aromatic N) is 2. The standard InChI is InChI=1S/C12H14N6O2/c1-7-3-2-4-8(5-7)15-12(19)16-11-9(6-14-17-11)10(13)18-20/h2-6,20H,1H3,(H2,13,18)(H3,14,15,16,17,19). The fourth-order valence-electron chi connectivity index (χ4n) is 1.63. The van der Waals surface area contributed by atoms with Gasteiger partial charge in [-0.25, -0.2) is 4.79 Å². The average molecular weight is 274 g/mol. The summed E-state index contributed by atoms with van der Waals surface area (Å²) in [7, 11) is 0. The molecular formula is C12H14N6O2. The number of aromatic nitrogens is 2. The molecule has 0 unspecified atom stereocenters. The van der Waals surface area contributed by atoms with Gasteiger partial charge >= 0.3 is 6.03 Å². The van der Waals surface area contributed by atoms with Gasteiger partial charge in [0.1, 0.15) is 5.82 Å². The van der Waals surface area contributed by atoms with Crippen LogP contribution in [-0.4, -0.2) is 27.3 Å². The third-order valence-electron chi connectivity index (χ3n) is 2.54. The molecule has 8 heteroatoms. The Hall–Kier alpha value is -3.03. The highest BCUT2D eigenvalue weighted by atomic mass is 16.4. The Kier molecular flexibility index (Phi) is 3.85. The molecule has 0 aliphatic heterocycles. The van der Waals surface area contributed by atoms with Crippen LogP contribution in [0.25, 0.3) is 0 Å². The van der Waals surface area contributed by atoms with Crippen molar-refractivity contribution in [3.63, 3.8) is 0 Å². The number of rotatable bonds is 3. The van der Waals surface area contributed by atoms with Crippen LogP contribution < -0.4 is 16.4 Å². The van der Waals surface area contributed by atoms with Gasteiger partial charge in [0.05, 0.1) is 11.8 Å². The number of aromatic amines is 1. The fraction of sp³-hybridized carbons (Fsp3) is 0.0833. The lowest BCUT2D eigenvalue weighted by Crippen LogP contribution is -2.22. The normalized spacial score (nSPS) is 11.2. The van der Waals surface area contributed by atoms with E-state index in [0.717, 1.165) is 5.56 Å². The van der Waals surface area contributed by atoms with Crippen LogP contribution in [0.1, 0.15) is 11.1 Å². The lowest BCUT2D eigenvalue weighted by atomic mass is 10.2. The van der Waals surface area contributed by atoms with Gasteiger partial charge in [-0.3, -0.25) is 10.4 Å². The maximum absolute atomic E-state index is 11.8. The minimum absolute atomic E-state index is 0.149. The number of nitrogens with one attached hydrogen (secondary N) is 3. The summed E-state index contributed by atoms with van der Waals surface area (Å²) in [5.41, 5.74) is 7.44. The molecule has 0 saturated heterocycles. The SMILES string of the molecule is Cc1cccc(NC(=O)Nc2[nH]ncc2C(N)=NO)c1. The first-order chi connectivity index (χ1) is 9.60. The van der Waals surface area contributed by atoms with Crippen LogP contribution in [0.3, 0.4) is 0 Å². The number of oxime groups is 1. The van der Waals surface area contributed by atoms with Crippen LogP contribution in [0.5, 0.6) is 0 Å². The number of hydrogen-bond donors (Lipinski definition) is 5. The van der Waals surface area contributed by atoms with Crippen molar-refractivity contribution in [2.45, 2.75) is 6.92 Å². The number of hydrogen-bond acceptors (Lipinski definition) is 4. The van der Waals surface area contributed by atoms with Gasteiger partial charge in [-0.2, -0.15) is 5.10 Å². The Morgan fingerprint density at radius 2 is 2.25 bits per heavy atom. The largest absolute Gasteiger partial charge is 0.409 e. The third kappa shape index (κ3) is 3.05. The number of amidine groups is 1. The highest BCUT2D eigenvalue weighted by molar-refractivity contribution is 6.06. The van der Waals surface area contributed by atoms with Crippen molar-refractivity contribution in [1.29, 1.82) is 0 Å². The summed E-state index contributed by atoms with van der Waals surface area (Å²) in [6, 6.07) is 6.89. The molecule has 1 aromatic carbocycles. The molecule has 6 N–H and O–H groups in total. The average Bonchev–Trinajstić information content (AvgIpc) is 2.85. The molecule has 0 fully saturated rings. The summed E-state index contributed by atoms with van der Waals surface area (Å²) in [5.74, 6) is 0.0926. The van der Waals surface area contributed by atoms with Gasteiger partial charge in [-0.1, -0.05) is 17.3 Å². The molecule has 0 aliphatic rings. The minimum Gasteiger partial charge on any atom is -0.409 e. The molecule has 1 heterocycles. The van der Waals surface area contributed by atoms with E-state index in [1.807, 2.05) is 25.1 Å². The molecule has 8 nitrogen and oxygen atoms in total. The maximum Gasteiger partial charge on any atom is 0.324 e. The van der Waals surface area contributed by atoms with Crippen molar-refractivity contribution >= 4 is 23.4 Å². The molecule has 20 heavy (non-hydrogen) atoms. The second kappa shape index (κ2) is 5.74. The molecule has 0 bridgehead atoms. The predicted molar refractivity (Wildman–Crippen MR) is 74.9 cm³/mol. The maximum atomic E-state index is 11.8. The first-order valence-electron chi connectivity index (χ1n) is 5.76. The number of amides is 2. The zero-order chi connectivity index (χ0) is 14.5. The summed E-state index contributed by atoms with van der Waals surface area (Å²) in [4.78, 5) is 11.8. The molecule has 0 aliphatic carbocycles. The number of nitrogens with two attached hydrogens (primary N) is 1. The van der Waals surface area contributed by atoms with Crippen molar-refractivity contribution in [2.75, 3.05) is 10.6 Å². The van der Waals surface area contributed by atoms with Gasteiger partial charge in [-0.05, 0) is 24.6 Å². The Labute approximate surface area is 114 Å². The van der Waals surface area contributed by atoms with Gasteiger partial charge in [0, 0.05) is 5.69 Å². The molecule has 0 atom stereocenters. The van der Waals surface area contributed by atoms with Gasteiger partial charge in [0.2, 0.25) is 0 Å². The monoisotopic (exact) mass is 274 g/mol. The molecular weight excluding hydrogens is 260 g/mol. The highest BCUT2D eigenvalue weighted by Gasteiger charge is 2.12. The second-order valence-corrected chi connectivity index (χ2v) is 4.09. The van der Waals surface area contributed by atoms with Crippen LogP contribution in [0, 0.1) is 6.92 Å². The van der Waals surface area contributed by atoms with E-state index in [-0.39, 0.29) is 11.7 Å². The minimum atomic E-state index is -0.466. The summed E-state index contributed by atoms with van der Waals surface area (Å²) >= 11 is 0. The van der Waals surface area contributed by atoms with E-state index < -0.39 is 6.03 Å². The first kappa shape index (κ1) is 13.4. The van der Waals surface area contributed by atoms with Gasteiger partial charge in [0.25, 0.3) is 0 Å². The number of H-pyrrole nitrogens is 1. The van der Waals surface area contributed by atoms with Crippen molar-refractivity contribution in [1.82, 2.24) is 10.2 Å². The third-order valence-corrected chi connectivity index (χ3v) is 2.54. The molecule has 0 spiro atoms. The van der Waals surface area contributed by atoms with E-state index >= 15 is 0 Å². The summed E-state index contributed by atoms with van der Waals surface area (Å²) in [6.45, 7) is 1.93. The molecule has 0 radical (unpaired) electrons. The Morgan fingerprint density at radius 3 is 2.95 bits per heavy atom. The van der Waals surface area contributed by atoms with Crippen molar-refractivity contribution < 1.29 is 10.0 Å². The number of urea groups is 1. The fourth-order valence-corrected chi connectivity index (χ4v) is 1.63. The number of carbonyl (C=O) groups excluding carboxylic acids is 1. The van der Waals surface area contributed by atoms with E-state index in [0.29, 0.717) is 11.3 Å². The first-order valence-corrected chi connectivity index (χ1v) is 5.76. The second-order valence-electron chi connectivity index (χ2n) is 4.09. The molecule has 0 saturated carbocycles. The quantitative estimate of drug-likeness (QED) is 0.251. The summed E-state index contributed by atoms with van der Waals surface area (Å²) < 4.78 is 0. The lowest BCUT2D eigenvalue weighted by molar-refractivity contribution is 0.262. The van der Waals surface area contributed by atoms with Crippen LogP contribution in [0.15, 0.2) is 35.6 Å². The van der Waals surface area contributed by atoms with E-state index in [1.54, 1.807) is 6.07 Å². The predicted octanol–water partition coefficient (Wildman–Crippen LogP) is 1.46. The van der Waals surface area contributed by atoms with Crippen molar-refractivity contribution in [3.8, 4) is 0 Å². The molecule has 1 aromatic heterocycles. The number of anilines is 2. The number of carbonyl (C=O) groups is 1. The smallest absolute Gasteiger partial charge is 0.324 e. The highest BCUT2D eigenvalue weighted by Crippen LogP contribution is 2.13. The molecule has 2 amide bonds. The number of benzene rings is 1. The van der Waals surface area contributed by atoms with Gasteiger partial charge in [-0.15, -0.1) is 0 Å². The Balaban J connectivity index is 2.07. The zero-order valence-electron chi connectivity index (χ0n) is 10.7. The van der Waals surface area contributed by atoms with Crippen molar-refractivity contribution in [3.05, 3.63) is 41.6 Å². The van der Waals surface area contributed by atoms with Gasteiger partial charge in [0.15, 0.2) is 5.84 Å². The summed E-state index contributed by atoms with van der Waals surface area (Å²) in [6.07, 6.45) is 1.34. The van der Waals surface area contributed by atoms with Crippen LogP contribution in [0.2, 0.25) is 0 Å². The van der Waals surface area contributed by atoms with Crippen LogP contribution >= 0.6 is 0 Å². The van der Waals surface area contributed by atoms with Gasteiger partial charge < -0.3 is 16.3 Å². The molecule has 2 rings (SSSR count). The van der Waals surface area contributed by atoms with Crippen LogP contribution in [0.4, 0.5) is 16.3 Å². The van der Waals surface area contributed by atoms with Crippen molar-refractivity contribution in [2.24, 2.45) is 10.9 Å². The van der Waals surface area contributed by atoms with E-state index in [1.165, 1.54) is 6.20 Å².